The van der Waals surface area contributed by atoms with Gasteiger partial charge in [-0.1, -0.05) is 0 Å². The van der Waals surface area contributed by atoms with Gasteiger partial charge in [0.25, 0.3) is 5.91 Å². The fourth-order valence-corrected chi connectivity index (χ4v) is 4.88. The van der Waals surface area contributed by atoms with Crippen molar-refractivity contribution in [3.8, 4) is 5.69 Å². The van der Waals surface area contributed by atoms with E-state index < -0.39 is 11.6 Å². The molecule has 2 fully saturated rings. The van der Waals surface area contributed by atoms with Gasteiger partial charge in [0.05, 0.1) is 5.69 Å². The minimum Gasteiger partial charge on any atom is -0.348 e. The van der Waals surface area contributed by atoms with E-state index in [1.54, 1.807) is 4.68 Å². The van der Waals surface area contributed by atoms with Crippen LogP contribution in [0.4, 0.5) is 8.78 Å². The number of amides is 1. The number of carbonyl (C=O) groups excluding carboxylic acids is 1. The van der Waals surface area contributed by atoms with E-state index in [2.05, 4.69) is 15.7 Å². The molecule has 7 heteroatoms. The highest BCUT2D eigenvalue weighted by molar-refractivity contribution is 5.94. The van der Waals surface area contributed by atoms with E-state index in [4.69, 9.17) is 0 Å². The second-order valence-electron chi connectivity index (χ2n) is 7.92. The number of hydrogen-bond donors (Lipinski definition) is 2. The number of benzene rings is 1. The Bertz CT molecular complexity index is 898. The van der Waals surface area contributed by atoms with Gasteiger partial charge in [0.2, 0.25) is 0 Å². The maximum absolute atomic E-state index is 13.7. The summed E-state index contributed by atoms with van der Waals surface area (Å²) < 4.78 is 28.5. The highest BCUT2D eigenvalue weighted by Crippen LogP contribution is 2.30. The summed E-state index contributed by atoms with van der Waals surface area (Å²) in [6.45, 7) is 0. The van der Waals surface area contributed by atoms with Gasteiger partial charge >= 0.3 is 0 Å². The number of aromatic nitrogens is 2. The van der Waals surface area contributed by atoms with Crippen molar-refractivity contribution < 1.29 is 13.6 Å². The van der Waals surface area contributed by atoms with Crippen LogP contribution in [0, 0.1) is 11.6 Å². The second-order valence-corrected chi connectivity index (χ2v) is 7.92. The third-order valence-corrected chi connectivity index (χ3v) is 6.10. The molecule has 0 saturated carbocycles. The number of nitrogens with one attached hydrogen (secondary N) is 2. The van der Waals surface area contributed by atoms with Crippen molar-refractivity contribution in [2.75, 3.05) is 0 Å². The Kier molecular flexibility index (Phi) is 4.00. The molecule has 2 bridgehead atoms. The summed E-state index contributed by atoms with van der Waals surface area (Å²) in [4.78, 5) is 12.9. The molecule has 1 aromatic carbocycles. The lowest BCUT2D eigenvalue weighted by Gasteiger charge is -2.29. The molecule has 3 aliphatic rings. The van der Waals surface area contributed by atoms with Gasteiger partial charge in [-0.3, -0.25) is 4.79 Å². The monoisotopic (exact) mass is 372 g/mol. The van der Waals surface area contributed by atoms with Crippen LogP contribution in [-0.2, 0) is 12.8 Å². The van der Waals surface area contributed by atoms with Gasteiger partial charge in [-0.25, -0.2) is 13.5 Å². The predicted octanol–water partition coefficient (Wildman–Crippen LogP) is 2.65. The third-order valence-electron chi connectivity index (χ3n) is 6.10. The summed E-state index contributed by atoms with van der Waals surface area (Å²) in [6.07, 6.45) is 6.77. The standard InChI is InChI=1S/C20H22F2N4O/c21-16-7-6-14(10-17(16)22)26-18-3-1-2-15(18)19(25-26)20(27)24-13-8-11-4-5-12(9-13)23-11/h6-7,10-13,23H,1-5,8-9H2,(H,24,27). The molecule has 5 nitrogen and oxygen atoms in total. The van der Waals surface area contributed by atoms with E-state index in [0.29, 0.717) is 23.5 Å². The summed E-state index contributed by atoms with van der Waals surface area (Å²) in [5, 5.41) is 11.2. The Hall–Kier alpha value is -2.28. The van der Waals surface area contributed by atoms with Gasteiger partial charge < -0.3 is 10.6 Å². The van der Waals surface area contributed by atoms with Crippen LogP contribution in [0.15, 0.2) is 18.2 Å². The minimum atomic E-state index is -0.911. The average Bonchev–Trinajstić information content (AvgIpc) is 3.32. The lowest BCUT2D eigenvalue weighted by atomic mass is 9.99. The lowest BCUT2D eigenvalue weighted by Crippen LogP contribution is -2.48. The summed E-state index contributed by atoms with van der Waals surface area (Å²) in [5.41, 5.74) is 2.75. The van der Waals surface area contributed by atoms with E-state index in [-0.39, 0.29) is 11.9 Å². The first-order valence-electron chi connectivity index (χ1n) is 9.71. The van der Waals surface area contributed by atoms with Crippen molar-refractivity contribution in [2.45, 2.75) is 63.1 Å². The third kappa shape index (κ3) is 2.94. The van der Waals surface area contributed by atoms with Crippen LogP contribution in [0.25, 0.3) is 5.69 Å². The Balaban J connectivity index is 1.43. The van der Waals surface area contributed by atoms with Gasteiger partial charge in [-0.05, 0) is 57.1 Å². The quantitative estimate of drug-likeness (QED) is 0.871. The normalized spacial score (nSPS) is 26.2. The minimum absolute atomic E-state index is 0.152. The molecule has 5 rings (SSSR count). The number of halogens is 2. The molecular formula is C20H22F2N4O. The number of piperidine rings is 1. The van der Waals surface area contributed by atoms with Crippen LogP contribution in [0.5, 0.6) is 0 Å². The summed E-state index contributed by atoms with van der Waals surface area (Å²) in [6, 6.07) is 4.89. The number of nitrogens with zero attached hydrogens (tertiary/aromatic N) is 2. The van der Waals surface area contributed by atoms with E-state index in [9.17, 15) is 13.6 Å². The largest absolute Gasteiger partial charge is 0.348 e. The zero-order valence-electron chi connectivity index (χ0n) is 15.0. The maximum atomic E-state index is 13.7. The van der Waals surface area contributed by atoms with E-state index in [1.807, 2.05) is 0 Å². The zero-order chi connectivity index (χ0) is 18.5. The molecule has 1 aromatic heterocycles. The molecule has 2 aliphatic heterocycles. The summed E-state index contributed by atoms with van der Waals surface area (Å²) in [7, 11) is 0. The SMILES string of the molecule is O=C(NC1CC2CCC(C1)N2)c1nn(-c2ccc(F)c(F)c2)c2c1CCC2. The fraction of sp³-hybridized carbons (Fsp3) is 0.500. The molecule has 27 heavy (non-hydrogen) atoms. The van der Waals surface area contributed by atoms with Crippen molar-refractivity contribution >= 4 is 5.91 Å². The Labute approximate surface area is 156 Å². The van der Waals surface area contributed by atoms with Crippen LogP contribution in [0.3, 0.4) is 0 Å². The van der Waals surface area contributed by atoms with E-state index in [0.717, 1.165) is 55.5 Å². The first-order chi connectivity index (χ1) is 13.1. The molecule has 2 saturated heterocycles. The zero-order valence-corrected chi connectivity index (χ0v) is 15.0. The van der Waals surface area contributed by atoms with E-state index in [1.165, 1.54) is 18.9 Å². The van der Waals surface area contributed by atoms with Crippen LogP contribution >= 0.6 is 0 Å². The molecule has 0 radical (unpaired) electrons. The molecule has 142 valence electrons. The van der Waals surface area contributed by atoms with Gasteiger partial charge in [-0.2, -0.15) is 5.10 Å². The van der Waals surface area contributed by atoms with Gasteiger partial charge in [-0.15, -0.1) is 0 Å². The van der Waals surface area contributed by atoms with Crippen LogP contribution in [-0.4, -0.2) is 33.8 Å². The molecule has 1 aliphatic carbocycles. The lowest BCUT2D eigenvalue weighted by molar-refractivity contribution is 0.0917. The smallest absolute Gasteiger partial charge is 0.272 e. The fourth-order valence-electron chi connectivity index (χ4n) is 4.88. The molecule has 1 amide bonds. The van der Waals surface area contributed by atoms with Crippen LogP contribution in [0.2, 0.25) is 0 Å². The Morgan fingerprint density at radius 3 is 2.67 bits per heavy atom. The molecule has 2 N–H and O–H groups in total. The van der Waals surface area contributed by atoms with Crippen LogP contribution < -0.4 is 10.6 Å². The number of hydrogen-bond acceptors (Lipinski definition) is 3. The van der Waals surface area contributed by atoms with Gasteiger partial charge in [0, 0.05) is 35.4 Å². The first-order valence-corrected chi connectivity index (χ1v) is 9.71. The highest BCUT2D eigenvalue weighted by atomic mass is 19.2. The topological polar surface area (TPSA) is 59.0 Å². The molecule has 0 spiro atoms. The molecule has 2 atom stereocenters. The van der Waals surface area contributed by atoms with Crippen molar-refractivity contribution in [1.82, 2.24) is 20.4 Å². The Morgan fingerprint density at radius 2 is 1.93 bits per heavy atom. The molecule has 2 unspecified atom stereocenters. The van der Waals surface area contributed by atoms with Crippen molar-refractivity contribution in [3.05, 3.63) is 46.8 Å². The van der Waals surface area contributed by atoms with Crippen molar-refractivity contribution in [1.29, 1.82) is 0 Å². The number of rotatable bonds is 3. The maximum Gasteiger partial charge on any atom is 0.272 e. The summed E-state index contributed by atoms with van der Waals surface area (Å²) >= 11 is 0. The average molecular weight is 372 g/mol. The van der Waals surface area contributed by atoms with Gasteiger partial charge in [0.15, 0.2) is 17.3 Å². The van der Waals surface area contributed by atoms with Gasteiger partial charge in [0.1, 0.15) is 0 Å². The molecule has 2 aromatic rings. The molecular weight excluding hydrogens is 350 g/mol. The highest BCUT2D eigenvalue weighted by Gasteiger charge is 2.35. The second kappa shape index (κ2) is 6.41. The summed E-state index contributed by atoms with van der Waals surface area (Å²) in [5.74, 6) is -1.95. The molecule has 3 heterocycles. The predicted molar refractivity (Wildman–Crippen MR) is 95.9 cm³/mol. The van der Waals surface area contributed by atoms with E-state index >= 15 is 0 Å². The Morgan fingerprint density at radius 1 is 1.15 bits per heavy atom. The van der Waals surface area contributed by atoms with Crippen molar-refractivity contribution in [3.63, 3.8) is 0 Å². The van der Waals surface area contributed by atoms with Crippen LogP contribution in [0.1, 0.15) is 53.8 Å². The first kappa shape index (κ1) is 16.9. The number of fused-ring (bicyclic) bond motifs is 3. The van der Waals surface area contributed by atoms with Crippen molar-refractivity contribution in [2.24, 2.45) is 0 Å². The number of carbonyl (C=O) groups is 1.